The van der Waals surface area contributed by atoms with Crippen molar-refractivity contribution in [1.29, 1.82) is 0 Å². The minimum atomic E-state index is -1.88. The number of hydrogen-bond acceptors (Lipinski definition) is 5. The maximum Gasteiger partial charge on any atom is 0.360 e. The van der Waals surface area contributed by atoms with E-state index in [-0.39, 0.29) is 17.8 Å². The number of ketones is 1. The third-order valence-corrected chi connectivity index (χ3v) is 8.22. The fourth-order valence-corrected chi connectivity index (χ4v) is 6.31. The number of aryl methyl sites for hydroxylation is 3. The van der Waals surface area contributed by atoms with Crippen LogP contribution in [0.2, 0.25) is 0 Å². The van der Waals surface area contributed by atoms with Gasteiger partial charge in [0.1, 0.15) is 5.75 Å². The molecule has 2 aromatic carbocycles. The standard InChI is InChI=1S/C30H38N2O4S/c1-7-32-26(14-11-17-35-37(34)36-27-15-9-8-12-20(27)2)25(19-31-32)29(33)24-18-21(3)23-13-10-16-30(5,6)28(23)22(24)4/h8-9,12,15,18-19H,7,10-11,13-14,16-17H2,1-6H3. The van der Waals surface area contributed by atoms with Gasteiger partial charge in [-0.15, -0.1) is 0 Å². The summed E-state index contributed by atoms with van der Waals surface area (Å²) in [5.41, 5.74) is 8.29. The van der Waals surface area contributed by atoms with E-state index in [4.69, 9.17) is 8.37 Å². The number of carbonyl (C=O) groups is 1. The molecular weight excluding hydrogens is 484 g/mol. The number of nitrogens with zero attached hydrogens (tertiary/aromatic N) is 2. The van der Waals surface area contributed by atoms with Crippen molar-refractivity contribution < 1.29 is 17.4 Å². The van der Waals surface area contributed by atoms with Gasteiger partial charge in [-0.3, -0.25) is 13.7 Å². The fourth-order valence-electron chi connectivity index (χ4n) is 5.67. The summed E-state index contributed by atoms with van der Waals surface area (Å²) in [6.07, 6.45) is 6.26. The van der Waals surface area contributed by atoms with Crippen molar-refractivity contribution in [2.45, 2.75) is 85.6 Å². The Morgan fingerprint density at radius 1 is 1.14 bits per heavy atom. The Morgan fingerprint density at radius 3 is 2.62 bits per heavy atom. The van der Waals surface area contributed by atoms with Crippen LogP contribution in [-0.2, 0) is 40.3 Å². The van der Waals surface area contributed by atoms with Crippen LogP contribution < -0.4 is 4.18 Å². The molecule has 7 heteroatoms. The van der Waals surface area contributed by atoms with Crippen molar-refractivity contribution in [3.63, 3.8) is 0 Å². The quantitative estimate of drug-likeness (QED) is 0.231. The van der Waals surface area contributed by atoms with Crippen LogP contribution in [0.15, 0.2) is 36.5 Å². The van der Waals surface area contributed by atoms with Crippen molar-refractivity contribution in [2.24, 2.45) is 0 Å². The normalized spacial score (nSPS) is 15.3. The Morgan fingerprint density at radius 2 is 1.89 bits per heavy atom. The van der Waals surface area contributed by atoms with Crippen LogP contribution in [0.4, 0.5) is 0 Å². The van der Waals surface area contributed by atoms with Crippen molar-refractivity contribution >= 4 is 17.1 Å². The molecule has 4 rings (SSSR count). The summed E-state index contributed by atoms with van der Waals surface area (Å²) in [5.74, 6) is 0.559. The molecule has 0 amide bonds. The van der Waals surface area contributed by atoms with E-state index in [1.165, 1.54) is 23.1 Å². The molecule has 1 unspecified atom stereocenters. The number of hydrogen-bond donors (Lipinski definition) is 0. The first kappa shape index (κ1) is 27.3. The van der Waals surface area contributed by atoms with Gasteiger partial charge in [-0.25, -0.2) is 0 Å². The van der Waals surface area contributed by atoms with E-state index in [1.807, 2.05) is 36.7 Å². The summed E-state index contributed by atoms with van der Waals surface area (Å²) in [4.78, 5) is 13.9. The first-order valence-corrected chi connectivity index (χ1v) is 14.2. The average Bonchev–Trinajstić information content (AvgIpc) is 3.27. The molecule has 37 heavy (non-hydrogen) atoms. The van der Waals surface area contributed by atoms with Gasteiger partial charge >= 0.3 is 11.4 Å². The van der Waals surface area contributed by atoms with Gasteiger partial charge in [-0.2, -0.15) is 9.31 Å². The summed E-state index contributed by atoms with van der Waals surface area (Å²) in [6, 6.07) is 9.45. The first-order chi connectivity index (χ1) is 17.6. The molecule has 0 radical (unpaired) electrons. The number of fused-ring (bicyclic) bond motifs is 1. The highest BCUT2D eigenvalue weighted by Gasteiger charge is 2.32. The molecule has 0 fully saturated rings. The van der Waals surface area contributed by atoms with Crippen molar-refractivity contribution in [1.82, 2.24) is 9.78 Å². The zero-order chi connectivity index (χ0) is 26.7. The van der Waals surface area contributed by atoms with Gasteiger partial charge in [0, 0.05) is 17.8 Å². The van der Waals surface area contributed by atoms with Crippen LogP contribution in [0.5, 0.6) is 5.75 Å². The lowest BCUT2D eigenvalue weighted by Crippen LogP contribution is -2.27. The second-order valence-corrected chi connectivity index (χ2v) is 11.4. The molecule has 0 bridgehead atoms. The maximum absolute atomic E-state index is 13.9. The Labute approximate surface area is 223 Å². The summed E-state index contributed by atoms with van der Waals surface area (Å²) in [5, 5.41) is 4.50. The number of para-hydroxylation sites is 1. The molecule has 0 saturated carbocycles. The second kappa shape index (κ2) is 11.3. The molecule has 1 aliphatic carbocycles. The molecule has 6 nitrogen and oxygen atoms in total. The summed E-state index contributed by atoms with van der Waals surface area (Å²) in [6.45, 7) is 13.6. The van der Waals surface area contributed by atoms with Gasteiger partial charge in [0.2, 0.25) is 0 Å². The third kappa shape index (κ3) is 5.73. The lowest BCUT2D eigenvalue weighted by Gasteiger charge is -2.36. The van der Waals surface area contributed by atoms with Crippen LogP contribution in [0.25, 0.3) is 0 Å². The largest absolute Gasteiger partial charge is 0.380 e. The van der Waals surface area contributed by atoms with E-state index in [9.17, 15) is 9.00 Å². The summed E-state index contributed by atoms with van der Waals surface area (Å²) < 4.78 is 24.9. The number of carbonyl (C=O) groups excluding carboxylic acids is 1. The Balaban J connectivity index is 1.50. The van der Waals surface area contributed by atoms with Crippen LogP contribution in [-0.4, -0.2) is 26.4 Å². The lowest BCUT2D eigenvalue weighted by molar-refractivity contribution is 0.103. The molecule has 0 aliphatic heterocycles. The van der Waals surface area contributed by atoms with E-state index in [2.05, 4.69) is 38.9 Å². The number of benzene rings is 2. The Hall–Kier alpha value is -2.77. The zero-order valence-electron chi connectivity index (χ0n) is 22.8. The molecule has 1 heterocycles. The molecule has 0 saturated heterocycles. The van der Waals surface area contributed by atoms with Gasteiger partial charge in [-0.05, 0) is 105 Å². The molecule has 1 aromatic heterocycles. The van der Waals surface area contributed by atoms with Crippen molar-refractivity contribution in [2.75, 3.05) is 6.61 Å². The fraction of sp³-hybridized carbons (Fsp3) is 0.467. The van der Waals surface area contributed by atoms with Gasteiger partial charge < -0.3 is 4.18 Å². The molecule has 1 atom stereocenters. The molecule has 198 valence electrons. The van der Waals surface area contributed by atoms with E-state index in [0.717, 1.165) is 35.2 Å². The molecule has 1 aliphatic rings. The van der Waals surface area contributed by atoms with Crippen molar-refractivity contribution in [3.8, 4) is 5.75 Å². The number of aromatic nitrogens is 2. The highest BCUT2D eigenvalue weighted by Crippen LogP contribution is 2.41. The third-order valence-electron chi connectivity index (χ3n) is 7.55. The Kier molecular flexibility index (Phi) is 8.34. The number of rotatable bonds is 10. The van der Waals surface area contributed by atoms with Crippen LogP contribution >= 0.6 is 0 Å². The van der Waals surface area contributed by atoms with E-state index in [1.54, 1.807) is 12.3 Å². The minimum absolute atomic E-state index is 0.0202. The van der Waals surface area contributed by atoms with E-state index < -0.39 is 11.4 Å². The molecule has 0 N–H and O–H groups in total. The maximum atomic E-state index is 13.9. The van der Waals surface area contributed by atoms with Gasteiger partial charge in [-0.1, -0.05) is 32.0 Å². The van der Waals surface area contributed by atoms with Crippen LogP contribution in [0.1, 0.15) is 89.5 Å². The first-order valence-electron chi connectivity index (χ1n) is 13.2. The van der Waals surface area contributed by atoms with E-state index >= 15 is 0 Å². The zero-order valence-corrected chi connectivity index (χ0v) is 23.7. The van der Waals surface area contributed by atoms with Crippen LogP contribution in [0.3, 0.4) is 0 Å². The van der Waals surface area contributed by atoms with Gasteiger partial charge in [0.25, 0.3) is 0 Å². The van der Waals surface area contributed by atoms with Gasteiger partial charge in [0.05, 0.1) is 18.4 Å². The summed E-state index contributed by atoms with van der Waals surface area (Å²) in [7, 11) is 0. The monoisotopic (exact) mass is 522 g/mol. The predicted molar refractivity (Wildman–Crippen MR) is 147 cm³/mol. The van der Waals surface area contributed by atoms with Crippen LogP contribution in [0, 0.1) is 20.8 Å². The average molecular weight is 523 g/mol. The highest BCUT2D eigenvalue weighted by molar-refractivity contribution is 7.75. The predicted octanol–water partition coefficient (Wildman–Crippen LogP) is 6.28. The molecule has 0 spiro atoms. The molecule has 3 aromatic rings. The van der Waals surface area contributed by atoms with Crippen molar-refractivity contribution in [3.05, 3.63) is 81.2 Å². The molecular formula is C30H38N2O4S. The Bertz CT molecular complexity index is 1330. The second-order valence-electron chi connectivity index (χ2n) is 10.6. The topological polar surface area (TPSA) is 70.4 Å². The minimum Gasteiger partial charge on any atom is -0.380 e. The lowest BCUT2D eigenvalue weighted by atomic mass is 9.68. The van der Waals surface area contributed by atoms with Gasteiger partial charge in [0.15, 0.2) is 5.78 Å². The SMILES string of the molecule is CCn1ncc(C(=O)c2cc(C)c3c(c2C)C(C)(C)CCC3)c1CCCOS(=O)Oc1ccccc1C. The smallest absolute Gasteiger partial charge is 0.360 e. The van der Waals surface area contributed by atoms with E-state index in [0.29, 0.717) is 30.7 Å². The summed E-state index contributed by atoms with van der Waals surface area (Å²) >= 11 is -1.88. The highest BCUT2D eigenvalue weighted by atomic mass is 32.2.